The van der Waals surface area contributed by atoms with Crippen molar-refractivity contribution in [1.29, 1.82) is 0 Å². The molecule has 7 nitrogen and oxygen atoms in total. The van der Waals surface area contributed by atoms with Crippen molar-refractivity contribution < 1.29 is 23.7 Å². The van der Waals surface area contributed by atoms with Crippen molar-refractivity contribution in [3.05, 3.63) is 24.3 Å². The van der Waals surface area contributed by atoms with E-state index in [1.165, 1.54) is 12.8 Å². The van der Waals surface area contributed by atoms with Crippen LogP contribution in [0.1, 0.15) is 46.0 Å². The number of nitrogens with zero attached hydrogens (tertiary/aromatic N) is 1. The lowest BCUT2D eigenvalue weighted by atomic mass is 10.0. The van der Waals surface area contributed by atoms with Crippen molar-refractivity contribution in [2.24, 2.45) is 11.8 Å². The molecule has 1 aromatic carbocycles. The molecule has 0 saturated carbocycles. The minimum Gasteiger partial charge on any atom is -0.494 e. The maximum atomic E-state index is 11.6. The molecule has 0 aliphatic carbocycles. The Balaban J connectivity index is 1.55. The van der Waals surface area contributed by atoms with Crippen molar-refractivity contribution in [3.8, 4) is 5.75 Å². The number of anilines is 1. The lowest BCUT2D eigenvalue weighted by Crippen LogP contribution is -2.37. The lowest BCUT2D eigenvalue weighted by Gasteiger charge is -2.17. The third kappa shape index (κ3) is 7.36. The number of unbranched alkanes of at least 4 members (excludes halogenated alkanes) is 3. The minimum atomic E-state index is -0.577. The number of benzene rings is 1. The van der Waals surface area contributed by atoms with E-state index in [4.69, 9.17) is 24.8 Å². The Hall–Kier alpha value is -1.83. The predicted molar refractivity (Wildman–Crippen MR) is 104 cm³/mol. The van der Waals surface area contributed by atoms with Crippen LogP contribution in [-0.4, -0.2) is 38.8 Å². The number of hydrogen-bond donors (Lipinski definition) is 1. The Morgan fingerprint density at radius 1 is 1.19 bits per heavy atom. The van der Waals surface area contributed by atoms with Gasteiger partial charge in [0.15, 0.2) is 6.29 Å². The molecule has 1 unspecified atom stereocenters. The van der Waals surface area contributed by atoms with E-state index in [0.29, 0.717) is 18.2 Å². The molecule has 1 heterocycles. The second-order valence-electron chi connectivity index (χ2n) is 6.70. The average Bonchev–Trinajstić information content (AvgIpc) is 3.22. The predicted octanol–water partition coefficient (Wildman–Crippen LogP) is 3.86. The van der Waals surface area contributed by atoms with E-state index in [-0.39, 0.29) is 12.9 Å². The highest BCUT2D eigenvalue weighted by atomic mass is 16.7. The van der Waals surface area contributed by atoms with E-state index in [0.717, 1.165) is 43.2 Å². The Bertz CT molecular complexity index is 546. The fraction of sp³-hybridized carbons (Fsp3) is 0.650. The molecule has 1 aliphatic heterocycles. The first kappa shape index (κ1) is 21.5. The molecule has 2 rings (SSSR count). The summed E-state index contributed by atoms with van der Waals surface area (Å²) in [5.41, 5.74) is 0.560. The first-order valence-electron chi connectivity index (χ1n) is 9.79. The van der Waals surface area contributed by atoms with Crippen LogP contribution in [-0.2, 0) is 14.2 Å². The Kier molecular flexibility index (Phi) is 9.38. The van der Waals surface area contributed by atoms with Gasteiger partial charge in [-0.15, -0.1) is 0 Å². The van der Waals surface area contributed by atoms with E-state index >= 15 is 0 Å². The van der Waals surface area contributed by atoms with Gasteiger partial charge in [-0.2, -0.15) is 0 Å². The van der Waals surface area contributed by atoms with E-state index < -0.39 is 6.09 Å². The Morgan fingerprint density at radius 2 is 1.85 bits per heavy atom. The number of ether oxygens (including phenoxy) is 4. The molecule has 1 aromatic rings. The summed E-state index contributed by atoms with van der Waals surface area (Å²) in [5, 5.41) is 0.982. The van der Waals surface area contributed by atoms with Gasteiger partial charge in [0.25, 0.3) is 0 Å². The SMILES string of the molecule is CCOC(=O)N(N)c1ccc(OCCCCCCC(C)C2OCCO2)cc1. The zero-order valence-electron chi connectivity index (χ0n) is 16.4. The standard InChI is InChI=1S/C20H32N2O5/c1-3-24-20(23)22(21)17-9-11-18(12-10-17)25-13-7-5-4-6-8-16(2)19-26-14-15-27-19/h9-12,16,19H,3-8,13-15,21H2,1-2H3. The van der Waals surface area contributed by atoms with E-state index in [2.05, 4.69) is 6.92 Å². The summed E-state index contributed by atoms with van der Waals surface area (Å²) in [6.07, 6.45) is 5.05. The molecule has 2 N–H and O–H groups in total. The molecule has 0 aromatic heterocycles. The third-order valence-corrected chi connectivity index (χ3v) is 4.51. The van der Waals surface area contributed by atoms with Crippen LogP contribution in [0.2, 0.25) is 0 Å². The van der Waals surface area contributed by atoms with Crippen LogP contribution in [0.4, 0.5) is 10.5 Å². The lowest BCUT2D eigenvalue weighted by molar-refractivity contribution is -0.0806. The molecule has 1 fully saturated rings. The first-order valence-corrected chi connectivity index (χ1v) is 9.79. The van der Waals surface area contributed by atoms with Crippen molar-refractivity contribution >= 4 is 11.8 Å². The molecule has 27 heavy (non-hydrogen) atoms. The number of carbonyl (C=O) groups is 1. The second-order valence-corrected chi connectivity index (χ2v) is 6.70. The van der Waals surface area contributed by atoms with Crippen molar-refractivity contribution in [1.82, 2.24) is 0 Å². The average molecular weight is 380 g/mol. The zero-order valence-corrected chi connectivity index (χ0v) is 16.4. The van der Waals surface area contributed by atoms with E-state index in [1.807, 2.05) is 0 Å². The monoisotopic (exact) mass is 380 g/mol. The molecular weight excluding hydrogens is 348 g/mol. The molecule has 1 amide bonds. The fourth-order valence-electron chi connectivity index (χ4n) is 2.95. The molecule has 1 atom stereocenters. The number of amides is 1. The number of hydrogen-bond acceptors (Lipinski definition) is 6. The Morgan fingerprint density at radius 3 is 2.52 bits per heavy atom. The van der Waals surface area contributed by atoms with Gasteiger partial charge in [-0.1, -0.05) is 26.2 Å². The van der Waals surface area contributed by atoms with Crippen LogP contribution in [0.15, 0.2) is 24.3 Å². The normalized spacial score (nSPS) is 15.5. The van der Waals surface area contributed by atoms with Crippen LogP contribution < -0.4 is 15.6 Å². The quantitative estimate of drug-likeness (QED) is 0.272. The molecular formula is C20H32N2O5. The van der Waals surface area contributed by atoms with Crippen LogP contribution in [0.5, 0.6) is 5.75 Å². The van der Waals surface area contributed by atoms with Crippen molar-refractivity contribution in [2.75, 3.05) is 31.4 Å². The van der Waals surface area contributed by atoms with Gasteiger partial charge in [0.1, 0.15) is 5.75 Å². The largest absolute Gasteiger partial charge is 0.494 e. The molecule has 1 saturated heterocycles. The molecule has 1 aliphatic rings. The van der Waals surface area contributed by atoms with Crippen LogP contribution in [0.3, 0.4) is 0 Å². The highest BCUT2D eigenvalue weighted by Gasteiger charge is 2.22. The van der Waals surface area contributed by atoms with Gasteiger partial charge in [0.2, 0.25) is 0 Å². The highest BCUT2D eigenvalue weighted by molar-refractivity contribution is 5.86. The van der Waals surface area contributed by atoms with Gasteiger partial charge < -0.3 is 18.9 Å². The summed E-state index contributed by atoms with van der Waals surface area (Å²) < 4.78 is 21.7. The fourth-order valence-corrected chi connectivity index (χ4v) is 2.95. The molecule has 0 radical (unpaired) electrons. The minimum absolute atomic E-state index is 0.00965. The summed E-state index contributed by atoms with van der Waals surface area (Å²) in [7, 11) is 0. The van der Waals surface area contributed by atoms with Gasteiger partial charge in [-0.25, -0.2) is 15.6 Å². The Labute approximate surface area is 161 Å². The van der Waals surface area contributed by atoms with Crippen molar-refractivity contribution in [2.45, 2.75) is 52.2 Å². The van der Waals surface area contributed by atoms with Gasteiger partial charge in [0, 0.05) is 5.92 Å². The van der Waals surface area contributed by atoms with Crippen LogP contribution >= 0.6 is 0 Å². The molecule has 152 valence electrons. The van der Waals surface area contributed by atoms with Gasteiger partial charge in [-0.05, 0) is 44.0 Å². The maximum Gasteiger partial charge on any atom is 0.428 e. The topological polar surface area (TPSA) is 83.3 Å². The second kappa shape index (κ2) is 11.8. The number of nitrogens with two attached hydrogens (primary N) is 1. The summed E-state index contributed by atoms with van der Waals surface area (Å²) >= 11 is 0. The van der Waals surface area contributed by atoms with E-state index in [9.17, 15) is 4.79 Å². The summed E-state index contributed by atoms with van der Waals surface area (Å²) in [4.78, 5) is 11.6. The zero-order chi connectivity index (χ0) is 19.5. The smallest absolute Gasteiger partial charge is 0.428 e. The summed E-state index contributed by atoms with van der Waals surface area (Å²) in [5.74, 6) is 6.93. The van der Waals surface area contributed by atoms with Crippen molar-refractivity contribution in [3.63, 3.8) is 0 Å². The summed E-state index contributed by atoms with van der Waals surface area (Å²) in [6.45, 7) is 6.33. The van der Waals surface area contributed by atoms with E-state index in [1.54, 1.807) is 31.2 Å². The number of hydrazine groups is 1. The molecule has 0 bridgehead atoms. The van der Waals surface area contributed by atoms with Gasteiger partial charge in [-0.3, -0.25) is 0 Å². The third-order valence-electron chi connectivity index (χ3n) is 4.51. The number of rotatable bonds is 11. The number of carbonyl (C=O) groups excluding carboxylic acids is 1. The van der Waals surface area contributed by atoms with Crippen LogP contribution in [0, 0.1) is 5.92 Å². The molecule has 0 spiro atoms. The maximum absolute atomic E-state index is 11.6. The summed E-state index contributed by atoms with van der Waals surface area (Å²) in [6, 6.07) is 7.08. The van der Waals surface area contributed by atoms with Crippen LogP contribution in [0.25, 0.3) is 0 Å². The first-order chi connectivity index (χ1) is 13.1. The molecule has 7 heteroatoms. The highest BCUT2D eigenvalue weighted by Crippen LogP contribution is 2.21. The van der Waals surface area contributed by atoms with Gasteiger partial charge in [0.05, 0.1) is 32.1 Å². The van der Waals surface area contributed by atoms with Gasteiger partial charge >= 0.3 is 6.09 Å².